The van der Waals surface area contributed by atoms with E-state index in [1.807, 2.05) is 45.0 Å². The highest BCUT2D eigenvalue weighted by Gasteiger charge is 2.22. The monoisotopic (exact) mass is 439 g/mol. The van der Waals surface area contributed by atoms with Crippen molar-refractivity contribution in [2.24, 2.45) is 5.92 Å². The third kappa shape index (κ3) is 8.30. The summed E-state index contributed by atoms with van der Waals surface area (Å²) in [5, 5.41) is 5.80. The van der Waals surface area contributed by atoms with Crippen LogP contribution >= 0.6 is 15.9 Å². The molecule has 1 aromatic carbocycles. The molecule has 2 rings (SSSR count). The number of rotatable bonds is 6. The van der Waals surface area contributed by atoms with Crippen LogP contribution in [0.4, 0.5) is 10.5 Å². The maximum atomic E-state index is 12.2. The highest BCUT2D eigenvalue weighted by Crippen LogP contribution is 2.21. The van der Waals surface area contributed by atoms with Crippen LogP contribution in [0.2, 0.25) is 0 Å². The first-order valence-corrected chi connectivity index (χ1v) is 10.3. The van der Waals surface area contributed by atoms with Gasteiger partial charge < -0.3 is 20.3 Å². The first kappa shape index (κ1) is 21.7. The second-order valence-corrected chi connectivity index (χ2v) is 8.82. The van der Waals surface area contributed by atoms with E-state index in [9.17, 15) is 9.59 Å². The zero-order valence-corrected chi connectivity index (χ0v) is 18.0. The quantitative estimate of drug-likeness (QED) is 0.701. The summed E-state index contributed by atoms with van der Waals surface area (Å²) in [6.07, 6.45) is 2.24. The average molecular weight is 440 g/mol. The third-order valence-corrected chi connectivity index (χ3v) is 5.03. The van der Waals surface area contributed by atoms with Crippen LogP contribution in [0.1, 0.15) is 40.0 Å². The Labute approximate surface area is 170 Å². The van der Waals surface area contributed by atoms with Gasteiger partial charge in [0.2, 0.25) is 5.91 Å². The number of hydrogen-bond donors (Lipinski definition) is 2. The van der Waals surface area contributed by atoms with Crippen molar-refractivity contribution >= 4 is 33.6 Å². The number of para-hydroxylation sites is 1. The summed E-state index contributed by atoms with van der Waals surface area (Å²) in [6, 6.07) is 7.59. The molecule has 1 fully saturated rings. The summed E-state index contributed by atoms with van der Waals surface area (Å²) in [4.78, 5) is 26.3. The van der Waals surface area contributed by atoms with Crippen molar-refractivity contribution in [1.82, 2.24) is 10.2 Å². The molecule has 27 heavy (non-hydrogen) atoms. The predicted molar refractivity (Wildman–Crippen MR) is 111 cm³/mol. The molecule has 2 amide bonds. The van der Waals surface area contributed by atoms with E-state index < -0.39 is 5.60 Å². The van der Waals surface area contributed by atoms with Crippen LogP contribution in [0, 0.1) is 5.92 Å². The summed E-state index contributed by atoms with van der Waals surface area (Å²) < 4.78 is 6.16. The van der Waals surface area contributed by atoms with Gasteiger partial charge in [0.1, 0.15) is 5.60 Å². The Morgan fingerprint density at radius 3 is 2.74 bits per heavy atom. The Kier molecular flexibility index (Phi) is 8.10. The number of halogens is 1. The second kappa shape index (κ2) is 10.1. The lowest BCUT2D eigenvalue weighted by molar-refractivity contribution is -0.116. The van der Waals surface area contributed by atoms with E-state index in [1.165, 1.54) is 0 Å². The van der Waals surface area contributed by atoms with Gasteiger partial charge in [-0.25, -0.2) is 4.79 Å². The van der Waals surface area contributed by atoms with Crippen molar-refractivity contribution in [1.29, 1.82) is 0 Å². The van der Waals surface area contributed by atoms with E-state index in [0.29, 0.717) is 18.9 Å². The minimum atomic E-state index is -0.482. The maximum absolute atomic E-state index is 12.2. The van der Waals surface area contributed by atoms with Crippen LogP contribution in [0.3, 0.4) is 0 Å². The number of likely N-dealkylation sites (tertiary alicyclic amines) is 1. The SMILES string of the molecule is CC(C)(C)OC(=O)NCC1CCCN(CCC(=O)Nc2ccccc2Br)C1. The molecule has 0 saturated carbocycles. The van der Waals surface area contributed by atoms with Crippen LogP contribution in [0.25, 0.3) is 0 Å². The molecule has 6 nitrogen and oxygen atoms in total. The fraction of sp³-hybridized carbons (Fsp3) is 0.600. The minimum absolute atomic E-state index is 0.0101. The Morgan fingerprint density at radius 2 is 2.04 bits per heavy atom. The first-order chi connectivity index (χ1) is 12.7. The predicted octanol–water partition coefficient (Wildman–Crippen LogP) is 4.01. The van der Waals surface area contributed by atoms with Crippen molar-refractivity contribution in [3.05, 3.63) is 28.7 Å². The number of anilines is 1. The van der Waals surface area contributed by atoms with Crippen LogP contribution < -0.4 is 10.6 Å². The number of alkyl carbamates (subject to hydrolysis) is 1. The molecule has 0 bridgehead atoms. The number of carbonyl (C=O) groups is 2. The number of piperidine rings is 1. The van der Waals surface area contributed by atoms with Gasteiger partial charge in [-0.3, -0.25) is 4.79 Å². The molecule has 1 aromatic rings. The lowest BCUT2D eigenvalue weighted by atomic mass is 9.98. The number of nitrogens with zero attached hydrogens (tertiary/aromatic N) is 1. The molecule has 150 valence electrons. The molecular formula is C20H30BrN3O3. The highest BCUT2D eigenvalue weighted by molar-refractivity contribution is 9.10. The zero-order valence-electron chi connectivity index (χ0n) is 16.4. The summed E-state index contributed by atoms with van der Waals surface area (Å²) in [5.74, 6) is 0.397. The average Bonchev–Trinajstić information content (AvgIpc) is 2.59. The molecule has 2 N–H and O–H groups in total. The summed E-state index contributed by atoms with van der Waals surface area (Å²) >= 11 is 3.44. The molecule has 1 aliphatic rings. The topological polar surface area (TPSA) is 70.7 Å². The Balaban J connectivity index is 1.70. The van der Waals surface area contributed by atoms with Crippen molar-refractivity contribution in [3.8, 4) is 0 Å². The van der Waals surface area contributed by atoms with Crippen LogP contribution in [0.15, 0.2) is 28.7 Å². The van der Waals surface area contributed by atoms with Crippen molar-refractivity contribution in [2.75, 3.05) is 31.5 Å². The highest BCUT2D eigenvalue weighted by atomic mass is 79.9. The van der Waals surface area contributed by atoms with Crippen molar-refractivity contribution in [2.45, 2.75) is 45.6 Å². The molecule has 1 atom stereocenters. The van der Waals surface area contributed by atoms with Crippen molar-refractivity contribution in [3.63, 3.8) is 0 Å². The van der Waals surface area contributed by atoms with Crippen LogP contribution in [-0.4, -0.2) is 48.7 Å². The first-order valence-electron chi connectivity index (χ1n) is 9.46. The Bertz CT molecular complexity index is 646. The number of nitrogens with one attached hydrogen (secondary N) is 2. The molecule has 1 aliphatic heterocycles. The molecule has 1 unspecified atom stereocenters. The van der Waals surface area contributed by atoms with Gasteiger partial charge in [0.25, 0.3) is 0 Å². The van der Waals surface area contributed by atoms with Gasteiger partial charge in [-0.05, 0) is 74.1 Å². The van der Waals surface area contributed by atoms with E-state index in [1.54, 1.807) is 0 Å². The number of hydrogen-bond acceptors (Lipinski definition) is 4. The molecule has 0 radical (unpaired) electrons. The maximum Gasteiger partial charge on any atom is 0.407 e. The summed E-state index contributed by atoms with van der Waals surface area (Å²) in [5.41, 5.74) is 0.310. The fourth-order valence-electron chi connectivity index (χ4n) is 3.10. The van der Waals surface area contributed by atoms with E-state index in [2.05, 4.69) is 31.5 Å². The number of benzene rings is 1. The number of amides is 2. The normalized spacial score (nSPS) is 18.0. The molecule has 1 heterocycles. The molecule has 1 saturated heterocycles. The lowest BCUT2D eigenvalue weighted by Crippen LogP contribution is -2.42. The van der Waals surface area contributed by atoms with Gasteiger partial charge in [0, 0.05) is 30.5 Å². The molecule has 7 heteroatoms. The van der Waals surface area contributed by atoms with Gasteiger partial charge in [-0.2, -0.15) is 0 Å². The van der Waals surface area contributed by atoms with Gasteiger partial charge in [-0.15, -0.1) is 0 Å². The van der Waals surface area contributed by atoms with Gasteiger partial charge in [0.15, 0.2) is 0 Å². The minimum Gasteiger partial charge on any atom is -0.444 e. The molecule has 0 aliphatic carbocycles. The molecule has 0 aromatic heterocycles. The lowest BCUT2D eigenvalue weighted by Gasteiger charge is -2.32. The summed E-state index contributed by atoms with van der Waals surface area (Å²) in [6.45, 7) is 8.77. The van der Waals surface area contributed by atoms with Crippen LogP contribution in [0.5, 0.6) is 0 Å². The fourth-order valence-corrected chi connectivity index (χ4v) is 3.48. The Morgan fingerprint density at radius 1 is 1.30 bits per heavy atom. The number of carbonyl (C=O) groups excluding carboxylic acids is 2. The van der Waals surface area contributed by atoms with E-state index in [4.69, 9.17) is 4.74 Å². The number of ether oxygens (including phenoxy) is 1. The van der Waals surface area contributed by atoms with E-state index in [0.717, 1.165) is 42.6 Å². The van der Waals surface area contributed by atoms with Crippen LogP contribution in [-0.2, 0) is 9.53 Å². The van der Waals surface area contributed by atoms with E-state index >= 15 is 0 Å². The molecular weight excluding hydrogens is 410 g/mol. The largest absolute Gasteiger partial charge is 0.444 e. The van der Waals surface area contributed by atoms with Crippen molar-refractivity contribution < 1.29 is 14.3 Å². The zero-order chi connectivity index (χ0) is 19.9. The molecule has 0 spiro atoms. The summed E-state index contributed by atoms with van der Waals surface area (Å²) in [7, 11) is 0. The van der Waals surface area contributed by atoms with Gasteiger partial charge in [-0.1, -0.05) is 12.1 Å². The standard InChI is InChI=1S/C20H30BrN3O3/c1-20(2,3)27-19(26)22-13-15-7-6-11-24(14-15)12-10-18(25)23-17-9-5-4-8-16(17)21/h4-5,8-9,15H,6-7,10-14H2,1-3H3,(H,22,26)(H,23,25). The van der Waals surface area contributed by atoms with E-state index in [-0.39, 0.29) is 12.0 Å². The van der Waals surface area contributed by atoms with Gasteiger partial charge >= 0.3 is 6.09 Å². The second-order valence-electron chi connectivity index (χ2n) is 7.97. The Hall–Kier alpha value is -1.60. The third-order valence-electron chi connectivity index (χ3n) is 4.34. The van der Waals surface area contributed by atoms with Gasteiger partial charge in [0.05, 0.1) is 5.69 Å². The smallest absolute Gasteiger partial charge is 0.407 e.